The quantitative estimate of drug-likeness (QED) is 0.541. The van der Waals surface area contributed by atoms with Crippen LogP contribution < -0.4 is 15.8 Å². The summed E-state index contributed by atoms with van der Waals surface area (Å²) in [5.41, 5.74) is 6.20. The Hall–Kier alpha value is -1.76. The number of nitrogens with two attached hydrogens (primary N) is 1. The van der Waals surface area contributed by atoms with Gasteiger partial charge in [-0.2, -0.15) is 0 Å². The normalized spacial score (nSPS) is 11.1. The van der Waals surface area contributed by atoms with Crippen molar-refractivity contribution in [2.75, 3.05) is 30.9 Å². The van der Waals surface area contributed by atoms with E-state index in [2.05, 4.69) is 5.32 Å². The highest BCUT2D eigenvalue weighted by Crippen LogP contribution is 2.14. The number of rotatable bonds is 8. The molecule has 0 aliphatic rings. The van der Waals surface area contributed by atoms with E-state index in [1.807, 2.05) is 0 Å². The van der Waals surface area contributed by atoms with Gasteiger partial charge in [-0.05, 0) is 18.6 Å². The molecule has 0 bridgehead atoms. The van der Waals surface area contributed by atoms with Gasteiger partial charge in [-0.3, -0.25) is 4.79 Å². The van der Waals surface area contributed by atoms with Gasteiger partial charge in [0.1, 0.15) is 15.6 Å². The van der Waals surface area contributed by atoms with E-state index < -0.39 is 9.84 Å². The first-order chi connectivity index (χ1) is 9.37. The van der Waals surface area contributed by atoms with Crippen LogP contribution in [0.2, 0.25) is 0 Å². The second kappa shape index (κ2) is 7.74. The number of benzene rings is 1. The van der Waals surface area contributed by atoms with Crippen LogP contribution in [0.1, 0.15) is 12.8 Å². The number of hydrogen-bond donors (Lipinski definition) is 2. The highest BCUT2D eigenvalue weighted by Gasteiger charge is 2.04. The SMILES string of the molecule is CS(=O)(=O)CCCNC(=O)CCOc1cccc(N)c1. The van der Waals surface area contributed by atoms with Crippen LogP contribution >= 0.6 is 0 Å². The molecule has 0 saturated carbocycles. The maximum absolute atomic E-state index is 11.5. The molecule has 1 amide bonds. The lowest BCUT2D eigenvalue weighted by molar-refractivity contribution is -0.121. The minimum Gasteiger partial charge on any atom is -0.493 e. The van der Waals surface area contributed by atoms with E-state index in [1.54, 1.807) is 24.3 Å². The molecule has 0 heterocycles. The van der Waals surface area contributed by atoms with Gasteiger partial charge in [0.2, 0.25) is 5.91 Å². The Bertz CT molecular complexity index is 543. The van der Waals surface area contributed by atoms with Crippen LogP contribution in [0.15, 0.2) is 24.3 Å². The molecule has 0 atom stereocenters. The van der Waals surface area contributed by atoms with Crippen molar-refractivity contribution in [3.8, 4) is 5.75 Å². The van der Waals surface area contributed by atoms with E-state index in [-0.39, 0.29) is 24.7 Å². The molecule has 1 rings (SSSR count). The van der Waals surface area contributed by atoms with Gasteiger partial charge in [-0.15, -0.1) is 0 Å². The predicted molar refractivity (Wildman–Crippen MR) is 78.3 cm³/mol. The molecule has 20 heavy (non-hydrogen) atoms. The van der Waals surface area contributed by atoms with Crippen LogP contribution in [0.25, 0.3) is 0 Å². The minimum atomic E-state index is -2.97. The molecule has 0 fully saturated rings. The fourth-order valence-corrected chi connectivity index (χ4v) is 2.19. The van der Waals surface area contributed by atoms with Crippen molar-refractivity contribution in [1.82, 2.24) is 5.32 Å². The van der Waals surface area contributed by atoms with Crippen molar-refractivity contribution in [3.05, 3.63) is 24.3 Å². The van der Waals surface area contributed by atoms with Gasteiger partial charge in [-0.25, -0.2) is 8.42 Å². The number of nitrogens with one attached hydrogen (secondary N) is 1. The predicted octanol–water partition coefficient (Wildman–Crippen LogP) is 0.589. The molecule has 7 heteroatoms. The van der Waals surface area contributed by atoms with E-state index >= 15 is 0 Å². The van der Waals surface area contributed by atoms with Crippen molar-refractivity contribution in [2.45, 2.75) is 12.8 Å². The number of anilines is 1. The van der Waals surface area contributed by atoms with E-state index in [4.69, 9.17) is 10.5 Å². The van der Waals surface area contributed by atoms with Crippen LogP contribution in [0, 0.1) is 0 Å². The number of carbonyl (C=O) groups is 1. The summed E-state index contributed by atoms with van der Waals surface area (Å²) >= 11 is 0. The molecule has 112 valence electrons. The summed E-state index contributed by atoms with van der Waals surface area (Å²) in [6.45, 7) is 0.603. The molecule has 0 aliphatic heterocycles. The third-order valence-corrected chi connectivity index (χ3v) is 3.50. The lowest BCUT2D eigenvalue weighted by Gasteiger charge is -2.07. The van der Waals surface area contributed by atoms with Gasteiger partial charge in [-0.1, -0.05) is 6.07 Å². The van der Waals surface area contributed by atoms with Gasteiger partial charge < -0.3 is 15.8 Å². The maximum atomic E-state index is 11.5. The molecule has 0 radical (unpaired) electrons. The van der Waals surface area contributed by atoms with Crippen LogP contribution in [0.3, 0.4) is 0 Å². The van der Waals surface area contributed by atoms with Gasteiger partial charge >= 0.3 is 0 Å². The zero-order chi connectivity index (χ0) is 15.0. The summed E-state index contributed by atoms with van der Waals surface area (Å²) in [5, 5.41) is 2.64. The van der Waals surface area contributed by atoms with E-state index in [9.17, 15) is 13.2 Å². The van der Waals surface area contributed by atoms with Gasteiger partial charge in [0.25, 0.3) is 0 Å². The van der Waals surface area contributed by atoms with Gasteiger partial charge in [0, 0.05) is 24.6 Å². The average molecular weight is 300 g/mol. The number of ether oxygens (including phenoxy) is 1. The molecular weight excluding hydrogens is 280 g/mol. The highest BCUT2D eigenvalue weighted by molar-refractivity contribution is 7.90. The van der Waals surface area contributed by atoms with Crippen LogP contribution in [-0.4, -0.2) is 39.5 Å². The second-order valence-electron chi connectivity index (χ2n) is 4.50. The molecule has 0 unspecified atom stereocenters. The third-order valence-electron chi connectivity index (χ3n) is 2.47. The Morgan fingerprint density at radius 1 is 1.40 bits per heavy atom. The lowest BCUT2D eigenvalue weighted by atomic mass is 10.3. The van der Waals surface area contributed by atoms with E-state index in [1.165, 1.54) is 6.26 Å². The molecule has 6 nitrogen and oxygen atoms in total. The Kier molecular flexibility index (Phi) is 6.30. The summed E-state index contributed by atoms with van der Waals surface area (Å²) in [4.78, 5) is 11.5. The fraction of sp³-hybridized carbons (Fsp3) is 0.462. The fourth-order valence-electron chi connectivity index (χ4n) is 1.52. The summed E-state index contributed by atoms with van der Waals surface area (Å²) in [5.74, 6) is 0.532. The monoisotopic (exact) mass is 300 g/mol. The molecule has 0 saturated heterocycles. The topological polar surface area (TPSA) is 98.5 Å². The number of carbonyl (C=O) groups excluding carboxylic acids is 1. The maximum Gasteiger partial charge on any atom is 0.223 e. The van der Waals surface area contributed by atoms with Crippen molar-refractivity contribution in [1.29, 1.82) is 0 Å². The Balaban J connectivity index is 2.14. The minimum absolute atomic E-state index is 0.0765. The molecule has 3 N–H and O–H groups in total. The van der Waals surface area contributed by atoms with E-state index in [0.29, 0.717) is 24.4 Å². The number of nitrogen functional groups attached to an aromatic ring is 1. The number of amides is 1. The Morgan fingerprint density at radius 3 is 2.80 bits per heavy atom. The van der Waals surface area contributed by atoms with Crippen molar-refractivity contribution in [2.24, 2.45) is 0 Å². The average Bonchev–Trinajstić information content (AvgIpc) is 2.34. The summed E-state index contributed by atoms with van der Waals surface area (Å²) < 4.78 is 27.2. The van der Waals surface area contributed by atoms with Crippen LogP contribution in [0.5, 0.6) is 5.75 Å². The summed E-state index contributed by atoms with van der Waals surface area (Å²) in [7, 11) is -2.97. The highest BCUT2D eigenvalue weighted by atomic mass is 32.2. The van der Waals surface area contributed by atoms with Crippen molar-refractivity contribution in [3.63, 3.8) is 0 Å². The smallest absolute Gasteiger partial charge is 0.223 e. The van der Waals surface area contributed by atoms with Crippen LogP contribution in [-0.2, 0) is 14.6 Å². The third kappa shape index (κ3) is 7.63. The first-order valence-electron chi connectivity index (χ1n) is 6.29. The number of sulfone groups is 1. The molecule has 0 aromatic heterocycles. The van der Waals surface area contributed by atoms with Crippen molar-refractivity contribution < 1.29 is 17.9 Å². The molecule has 1 aromatic carbocycles. The Morgan fingerprint density at radius 2 is 2.15 bits per heavy atom. The van der Waals surface area contributed by atoms with E-state index in [0.717, 1.165) is 0 Å². The Labute approximate surface area is 119 Å². The summed E-state index contributed by atoms with van der Waals surface area (Å²) in [6, 6.07) is 6.97. The van der Waals surface area contributed by atoms with Crippen molar-refractivity contribution >= 4 is 21.4 Å². The van der Waals surface area contributed by atoms with Crippen LogP contribution in [0.4, 0.5) is 5.69 Å². The standard InChI is InChI=1S/C13H20N2O4S/c1-20(17,18)9-3-7-15-13(16)6-8-19-12-5-2-4-11(14)10-12/h2,4-5,10H,3,6-9,14H2,1H3,(H,15,16). The van der Waals surface area contributed by atoms with Gasteiger partial charge in [0.15, 0.2) is 0 Å². The first-order valence-corrected chi connectivity index (χ1v) is 8.35. The first kappa shape index (κ1) is 16.3. The van der Waals surface area contributed by atoms with Gasteiger partial charge in [0.05, 0.1) is 18.8 Å². The zero-order valence-electron chi connectivity index (χ0n) is 11.5. The molecule has 0 spiro atoms. The lowest BCUT2D eigenvalue weighted by Crippen LogP contribution is -2.27. The molecule has 1 aromatic rings. The summed E-state index contributed by atoms with van der Waals surface area (Å²) in [6.07, 6.45) is 1.81. The largest absolute Gasteiger partial charge is 0.493 e. The zero-order valence-corrected chi connectivity index (χ0v) is 12.3. The number of hydrogen-bond acceptors (Lipinski definition) is 5. The molecule has 0 aliphatic carbocycles. The second-order valence-corrected chi connectivity index (χ2v) is 6.76. The molecular formula is C13H20N2O4S.